The van der Waals surface area contributed by atoms with Crippen LogP contribution in [0.5, 0.6) is 5.75 Å². The first-order valence-corrected chi connectivity index (χ1v) is 14.6. The third-order valence-electron chi connectivity index (χ3n) is 5.99. The van der Waals surface area contributed by atoms with E-state index in [1.54, 1.807) is 22.9 Å². The highest BCUT2D eigenvalue weighted by molar-refractivity contribution is 7.94. The molecule has 2 aromatic heterocycles. The molecule has 0 spiro atoms. The number of thiophene rings is 1. The second-order valence-electron chi connectivity index (χ2n) is 8.65. The van der Waals surface area contributed by atoms with Crippen molar-refractivity contribution in [2.45, 2.75) is 23.3 Å². The summed E-state index contributed by atoms with van der Waals surface area (Å²) in [6.07, 6.45) is 0. The van der Waals surface area contributed by atoms with Gasteiger partial charge in [-0.3, -0.25) is 19.0 Å². The van der Waals surface area contributed by atoms with Crippen molar-refractivity contribution in [3.8, 4) is 5.75 Å². The van der Waals surface area contributed by atoms with E-state index >= 15 is 0 Å². The molecular weight excluding hydrogens is 566 g/mol. The van der Waals surface area contributed by atoms with Crippen LogP contribution in [-0.2, 0) is 37.4 Å². The van der Waals surface area contributed by atoms with Crippen molar-refractivity contribution in [3.63, 3.8) is 0 Å². The molecule has 2 aromatic carbocycles. The number of nitrogens with one attached hydrogen (secondary N) is 3. The maximum absolute atomic E-state index is 13.0. The Morgan fingerprint density at radius 1 is 1.23 bits per heavy atom. The number of halogens is 1. The lowest BCUT2D eigenvalue weighted by Crippen LogP contribution is -2.51. The summed E-state index contributed by atoms with van der Waals surface area (Å²) < 4.78 is 41.0. The minimum absolute atomic E-state index is 0.0117. The lowest BCUT2D eigenvalue weighted by Gasteiger charge is -2.22. The molecule has 0 saturated carbocycles. The number of carbonyl (C=O) groups excluding carboxylic acids is 2. The van der Waals surface area contributed by atoms with E-state index in [4.69, 9.17) is 21.1 Å². The van der Waals surface area contributed by atoms with Gasteiger partial charge in [0, 0.05) is 13.1 Å². The van der Waals surface area contributed by atoms with Crippen LogP contribution in [0.3, 0.4) is 0 Å². The van der Waals surface area contributed by atoms with Crippen molar-refractivity contribution in [2.75, 3.05) is 24.5 Å². The maximum Gasteiger partial charge on any atom is 0.298 e. The molecule has 1 fully saturated rings. The molecule has 4 aromatic rings. The Hall–Kier alpha value is -3.49. The molecule has 3 heterocycles. The molecule has 0 radical (unpaired) electrons. The smallest absolute Gasteiger partial charge is 0.298 e. The van der Waals surface area contributed by atoms with Crippen LogP contribution in [0.2, 0.25) is 4.34 Å². The second kappa shape index (κ2) is 11.7. The second-order valence-corrected chi connectivity index (χ2v) is 12.3. The third-order valence-corrected chi connectivity index (χ3v) is 9.05. The summed E-state index contributed by atoms with van der Waals surface area (Å²) in [6, 6.07) is 15.1. The van der Waals surface area contributed by atoms with Crippen LogP contribution in [0.4, 0.5) is 5.82 Å². The minimum Gasteiger partial charge on any atom is -0.428 e. The Kier molecular flexibility index (Phi) is 8.14. The minimum atomic E-state index is -4.00. The standard InChI is InChI=1S/C25H24ClN5O6S2/c26-21-7-8-22(38-21)39(34,35)30-24-23-19(5-2-6-20(23)37-15-32)31(29-24)13-17-4-1-3-16(11-17)12-28-25(33)18-14-36-10-9-27-18/h1-8,11,15,18,27H,9-10,12-14H2,(H,28,33)(H,29,30)/t18-/m1/s1. The van der Waals surface area contributed by atoms with E-state index in [2.05, 4.69) is 20.5 Å². The monoisotopic (exact) mass is 589 g/mol. The summed E-state index contributed by atoms with van der Waals surface area (Å²) in [7, 11) is -4.00. The molecule has 0 unspecified atom stereocenters. The predicted octanol–water partition coefficient (Wildman–Crippen LogP) is 2.74. The van der Waals surface area contributed by atoms with E-state index in [1.807, 2.05) is 24.3 Å². The van der Waals surface area contributed by atoms with Gasteiger partial charge in [0.05, 0.1) is 35.0 Å². The largest absolute Gasteiger partial charge is 0.428 e. The number of benzene rings is 2. The summed E-state index contributed by atoms with van der Waals surface area (Å²) in [5.74, 6) is 0.0369. The highest BCUT2D eigenvalue weighted by atomic mass is 35.5. The number of fused-ring (bicyclic) bond motifs is 1. The van der Waals surface area contributed by atoms with Gasteiger partial charge in [-0.2, -0.15) is 5.10 Å². The summed E-state index contributed by atoms with van der Waals surface area (Å²) in [6.45, 7) is 2.44. The molecule has 5 rings (SSSR count). The molecule has 1 aliphatic heterocycles. The summed E-state index contributed by atoms with van der Waals surface area (Å²) >= 11 is 6.85. The Morgan fingerprint density at radius 3 is 2.79 bits per heavy atom. The molecule has 14 heteroatoms. The Labute approximate surface area is 233 Å². The molecule has 0 aliphatic carbocycles. The van der Waals surface area contributed by atoms with Crippen LogP contribution in [0.15, 0.2) is 58.8 Å². The van der Waals surface area contributed by atoms with E-state index in [1.165, 1.54) is 12.1 Å². The van der Waals surface area contributed by atoms with Crippen LogP contribution >= 0.6 is 22.9 Å². The van der Waals surface area contributed by atoms with Gasteiger partial charge in [0.2, 0.25) is 5.91 Å². The number of hydrogen-bond acceptors (Lipinski definition) is 9. The highest BCUT2D eigenvalue weighted by Crippen LogP contribution is 2.35. The Balaban J connectivity index is 1.40. The van der Waals surface area contributed by atoms with Crippen LogP contribution in [0.25, 0.3) is 10.9 Å². The van der Waals surface area contributed by atoms with Crippen LogP contribution in [0, 0.1) is 0 Å². The van der Waals surface area contributed by atoms with E-state index in [0.29, 0.717) is 41.5 Å². The van der Waals surface area contributed by atoms with Gasteiger partial charge < -0.3 is 20.1 Å². The topological polar surface area (TPSA) is 141 Å². The van der Waals surface area contributed by atoms with E-state index in [9.17, 15) is 18.0 Å². The Morgan fingerprint density at radius 2 is 2.05 bits per heavy atom. The van der Waals surface area contributed by atoms with Crippen molar-refractivity contribution < 1.29 is 27.5 Å². The normalized spacial score (nSPS) is 15.7. The molecular formula is C25H24ClN5O6S2. The lowest BCUT2D eigenvalue weighted by atomic mass is 10.1. The first-order chi connectivity index (χ1) is 18.8. The highest BCUT2D eigenvalue weighted by Gasteiger charge is 2.24. The van der Waals surface area contributed by atoms with Crippen LogP contribution in [0.1, 0.15) is 11.1 Å². The first-order valence-electron chi connectivity index (χ1n) is 11.9. The zero-order valence-corrected chi connectivity index (χ0v) is 22.8. The summed E-state index contributed by atoms with van der Waals surface area (Å²) in [5, 5.41) is 10.9. The number of ether oxygens (including phenoxy) is 2. The number of amides is 1. The molecule has 3 N–H and O–H groups in total. The number of hydrogen-bond donors (Lipinski definition) is 3. The van der Waals surface area contributed by atoms with Crippen molar-refractivity contribution in [1.82, 2.24) is 20.4 Å². The van der Waals surface area contributed by atoms with Crippen molar-refractivity contribution >= 4 is 62.1 Å². The van der Waals surface area contributed by atoms with Crippen molar-refractivity contribution in [1.29, 1.82) is 0 Å². The summed E-state index contributed by atoms with van der Waals surface area (Å²) in [5.41, 5.74) is 2.30. The third kappa shape index (κ3) is 6.23. The quantitative estimate of drug-likeness (QED) is 0.240. The van der Waals surface area contributed by atoms with Gasteiger partial charge in [0.1, 0.15) is 16.0 Å². The van der Waals surface area contributed by atoms with Crippen LogP contribution in [-0.4, -0.2) is 56.4 Å². The van der Waals surface area contributed by atoms with Gasteiger partial charge in [-0.15, -0.1) is 11.3 Å². The first kappa shape index (κ1) is 27.1. The predicted molar refractivity (Wildman–Crippen MR) is 147 cm³/mol. The van der Waals surface area contributed by atoms with Gasteiger partial charge in [-0.05, 0) is 35.4 Å². The fraction of sp³-hybridized carbons (Fsp3) is 0.240. The zero-order valence-electron chi connectivity index (χ0n) is 20.4. The number of nitrogens with zero attached hydrogens (tertiary/aromatic N) is 2. The molecule has 1 atom stereocenters. The summed E-state index contributed by atoms with van der Waals surface area (Å²) in [4.78, 5) is 23.6. The number of anilines is 1. The van der Waals surface area contributed by atoms with Crippen molar-refractivity contribution in [2.24, 2.45) is 0 Å². The molecule has 1 aliphatic rings. The van der Waals surface area contributed by atoms with Crippen molar-refractivity contribution in [3.05, 3.63) is 70.1 Å². The molecule has 39 heavy (non-hydrogen) atoms. The van der Waals surface area contributed by atoms with E-state index in [0.717, 1.165) is 22.5 Å². The number of aromatic nitrogens is 2. The van der Waals surface area contributed by atoms with Crippen LogP contribution < -0.4 is 20.1 Å². The lowest BCUT2D eigenvalue weighted by molar-refractivity contribution is -0.126. The van der Waals surface area contributed by atoms with Gasteiger partial charge >= 0.3 is 0 Å². The van der Waals surface area contributed by atoms with E-state index < -0.39 is 10.0 Å². The van der Waals surface area contributed by atoms with E-state index in [-0.39, 0.29) is 40.7 Å². The van der Waals surface area contributed by atoms with Gasteiger partial charge in [0.25, 0.3) is 16.5 Å². The average molecular weight is 590 g/mol. The zero-order chi connectivity index (χ0) is 27.4. The Bertz CT molecular complexity index is 1610. The number of sulfonamides is 1. The fourth-order valence-electron chi connectivity index (χ4n) is 4.22. The number of carbonyl (C=O) groups is 2. The molecule has 0 bridgehead atoms. The number of morpholine rings is 1. The van der Waals surface area contributed by atoms with Gasteiger partial charge in [-0.1, -0.05) is 41.9 Å². The van der Waals surface area contributed by atoms with Gasteiger partial charge in [-0.25, -0.2) is 8.42 Å². The maximum atomic E-state index is 13.0. The number of rotatable bonds is 10. The fourth-order valence-corrected chi connectivity index (χ4v) is 6.71. The SMILES string of the molecule is O=COc1cccc2c1c(NS(=O)(=O)c1ccc(Cl)s1)nn2Cc1cccc(CNC(=O)[C@H]2COCCN2)c1. The van der Waals surface area contributed by atoms with Gasteiger partial charge in [0.15, 0.2) is 5.82 Å². The molecule has 11 nitrogen and oxygen atoms in total. The molecule has 1 amide bonds. The molecule has 204 valence electrons. The average Bonchev–Trinajstić information content (AvgIpc) is 3.52. The molecule has 1 saturated heterocycles.